The smallest absolute Gasteiger partial charge is 0.341 e. The summed E-state index contributed by atoms with van der Waals surface area (Å²) in [5.41, 5.74) is 5.66. The molecule has 3 aliphatic rings. The van der Waals surface area contributed by atoms with Gasteiger partial charge in [0.2, 0.25) is 0 Å². The van der Waals surface area contributed by atoms with Gasteiger partial charge in [-0.1, -0.05) is 11.6 Å². The molecule has 11 nitrogen and oxygen atoms in total. The Hall–Kier alpha value is -4.00. The molecule has 0 aliphatic heterocycles. The van der Waals surface area contributed by atoms with Gasteiger partial charge in [-0.15, -0.1) is 11.3 Å². The number of nitrogens with zero attached hydrogens (tertiary/aromatic N) is 3. The Bertz CT molecular complexity index is 1730. The molecule has 0 atom stereocenters. The first-order chi connectivity index (χ1) is 22.7. The summed E-state index contributed by atoms with van der Waals surface area (Å²) in [7, 11) is 0. The van der Waals surface area contributed by atoms with E-state index in [1.165, 1.54) is 6.20 Å². The minimum Gasteiger partial charge on any atom is -0.462 e. The Balaban J connectivity index is 0.000000203. The standard InChI is InChI=1S/C23H27N5O2S.C11H13ClN2O2/c1-23(30)8-6-15(7-9-23)28-22(29)17-12-24-21(11-19(17)26-14-2-3-14)27-16-4-5-18-20(10-16)31-13-25-18;1-2-16-11(15)8-6-13-10(12)5-9(8)14-7-3-4-7/h4-5,10-15,30H,2-3,6-9H2,1H3,(H,28,29)(H2,24,26,27);5-7H,2-4H2,1H3,(H,13,14). The number of anilines is 4. The molecule has 3 saturated carbocycles. The summed E-state index contributed by atoms with van der Waals surface area (Å²) in [4.78, 5) is 37.3. The Labute approximate surface area is 282 Å². The number of ether oxygens (including phenoxy) is 1. The van der Waals surface area contributed by atoms with Gasteiger partial charge in [-0.25, -0.2) is 19.7 Å². The summed E-state index contributed by atoms with van der Waals surface area (Å²) in [5.74, 6) is 0.215. The van der Waals surface area contributed by atoms with E-state index in [1.54, 1.807) is 30.5 Å². The molecular weight excluding hydrogens is 638 g/mol. The Morgan fingerprint density at radius 2 is 1.62 bits per heavy atom. The molecule has 0 unspecified atom stereocenters. The number of halogens is 1. The predicted molar refractivity (Wildman–Crippen MR) is 186 cm³/mol. The van der Waals surface area contributed by atoms with Gasteiger partial charge in [0, 0.05) is 42.3 Å². The average molecular weight is 678 g/mol. The van der Waals surface area contributed by atoms with Gasteiger partial charge in [0.1, 0.15) is 16.5 Å². The highest BCUT2D eigenvalue weighted by atomic mass is 35.5. The van der Waals surface area contributed by atoms with Crippen LogP contribution in [0, 0.1) is 0 Å². The van der Waals surface area contributed by atoms with E-state index in [2.05, 4.69) is 42.3 Å². The number of benzene rings is 1. The molecule has 3 heterocycles. The Kier molecular flexibility index (Phi) is 10.1. The van der Waals surface area contributed by atoms with Crippen molar-refractivity contribution in [3.05, 3.63) is 64.5 Å². The molecule has 3 aliphatic carbocycles. The largest absolute Gasteiger partial charge is 0.462 e. The lowest BCUT2D eigenvalue weighted by atomic mass is 9.83. The van der Waals surface area contributed by atoms with Crippen molar-refractivity contribution in [2.24, 2.45) is 0 Å². The Morgan fingerprint density at radius 3 is 2.30 bits per heavy atom. The van der Waals surface area contributed by atoms with Gasteiger partial charge in [0.05, 0.1) is 44.9 Å². The van der Waals surface area contributed by atoms with Crippen LogP contribution in [0.2, 0.25) is 5.15 Å². The second kappa shape index (κ2) is 14.4. The number of rotatable bonds is 10. The van der Waals surface area contributed by atoms with E-state index in [1.807, 2.05) is 30.6 Å². The lowest BCUT2D eigenvalue weighted by molar-refractivity contribution is 0.0140. The van der Waals surface area contributed by atoms with Crippen molar-refractivity contribution in [3.63, 3.8) is 0 Å². The molecule has 1 aromatic carbocycles. The van der Waals surface area contributed by atoms with Crippen LogP contribution in [0.15, 0.2) is 48.2 Å². The van der Waals surface area contributed by atoms with Gasteiger partial charge >= 0.3 is 5.97 Å². The van der Waals surface area contributed by atoms with E-state index in [0.717, 1.165) is 60.1 Å². The molecule has 4 aromatic rings. The first-order valence-electron chi connectivity index (χ1n) is 16.1. The quantitative estimate of drug-likeness (QED) is 0.0884. The van der Waals surface area contributed by atoms with Gasteiger partial charge in [-0.05, 0) is 89.5 Å². The van der Waals surface area contributed by atoms with E-state index >= 15 is 0 Å². The van der Waals surface area contributed by atoms with E-state index in [9.17, 15) is 14.7 Å². The highest BCUT2D eigenvalue weighted by molar-refractivity contribution is 7.16. The van der Waals surface area contributed by atoms with Crippen molar-refractivity contribution in [2.45, 2.75) is 88.9 Å². The number of nitrogens with one attached hydrogen (secondary N) is 4. The fraction of sp³-hybridized carbons (Fsp3) is 0.441. The summed E-state index contributed by atoms with van der Waals surface area (Å²) >= 11 is 7.40. The molecule has 1 amide bonds. The molecule has 0 spiro atoms. The van der Waals surface area contributed by atoms with Crippen LogP contribution in [0.1, 0.15) is 85.9 Å². The van der Waals surface area contributed by atoms with Crippen LogP contribution < -0.4 is 21.3 Å². The number of hydrogen-bond donors (Lipinski definition) is 5. The zero-order valence-corrected chi connectivity index (χ0v) is 28.1. The molecule has 3 fully saturated rings. The van der Waals surface area contributed by atoms with Gasteiger partial charge in [-0.2, -0.15) is 0 Å². The van der Waals surface area contributed by atoms with Crippen LogP contribution >= 0.6 is 22.9 Å². The van der Waals surface area contributed by atoms with E-state index in [4.69, 9.17) is 16.3 Å². The number of amides is 1. The van der Waals surface area contributed by atoms with Crippen molar-refractivity contribution in [1.29, 1.82) is 0 Å². The summed E-state index contributed by atoms with van der Waals surface area (Å²) in [6.07, 6.45) is 10.6. The second-order valence-corrected chi connectivity index (χ2v) is 13.9. The SMILES string of the molecule is CC1(O)CCC(NC(=O)c2cnc(Nc3ccc4ncsc4c3)cc2NC2CC2)CC1.CCOC(=O)c1cnc(Cl)cc1NC1CC1. The third kappa shape index (κ3) is 9.09. The number of pyridine rings is 2. The number of carbonyl (C=O) groups excluding carboxylic acids is 2. The van der Waals surface area contributed by atoms with Crippen LogP contribution in [0.5, 0.6) is 0 Å². The molecular formula is C34H40ClN7O4S. The number of aromatic nitrogens is 3. The first kappa shape index (κ1) is 32.9. The van der Waals surface area contributed by atoms with Crippen LogP contribution in [0.3, 0.4) is 0 Å². The lowest BCUT2D eigenvalue weighted by Gasteiger charge is -2.33. The van der Waals surface area contributed by atoms with Crippen molar-refractivity contribution in [1.82, 2.24) is 20.3 Å². The molecule has 3 aromatic heterocycles. The number of esters is 1. The summed E-state index contributed by atoms with van der Waals surface area (Å²) in [6, 6.07) is 10.6. The number of carbonyl (C=O) groups is 2. The van der Waals surface area contributed by atoms with Crippen LogP contribution in [0.4, 0.5) is 22.9 Å². The number of fused-ring (bicyclic) bond motifs is 1. The van der Waals surface area contributed by atoms with Gasteiger partial charge < -0.3 is 31.1 Å². The van der Waals surface area contributed by atoms with Crippen molar-refractivity contribution < 1.29 is 19.4 Å². The highest BCUT2D eigenvalue weighted by Crippen LogP contribution is 2.32. The third-order valence-corrected chi connectivity index (χ3v) is 9.39. The molecule has 248 valence electrons. The number of aliphatic hydroxyl groups is 1. The van der Waals surface area contributed by atoms with Crippen LogP contribution in [-0.4, -0.2) is 62.3 Å². The van der Waals surface area contributed by atoms with Crippen LogP contribution in [-0.2, 0) is 4.74 Å². The first-order valence-corrected chi connectivity index (χ1v) is 17.4. The normalized spacial score (nSPS) is 20.5. The van der Waals surface area contributed by atoms with Crippen molar-refractivity contribution in [3.8, 4) is 0 Å². The second-order valence-electron chi connectivity index (χ2n) is 12.6. The van der Waals surface area contributed by atoms with E-state index in [0.29, 0.717) is 59.3 Å². The zero-order chi connectivity index (χ0) is 33.0. The van der Waals surface area contributed by atoms with Gasteiger partial charge in [0.25, 0.3) is 5.91 Å². The molecule has 13 heteroatoms. The minimum atomic E-state index is -0.614. The van der Waals surface area contributed by atoms with Gasteiger partial charge in [0.15, 0.2) is 0 Å². The molecule has 0 radical (unpaired) electrons. The lowest BCUT2D eigenvalue weighted by Crippen LogP contribution is -2.42. The molecule has 5 N–H and O–H groups in total. The number of thiazole rings is 1. The fourth-order valence-corrected chi connectivity index (χ4v) is 6.24. The monoisotopic (exact) mass is 677 g/mol. The molecule has 47 heavy (non-hydrogen) atoms. The van der Waals surface area contributed by atoms with Crippen LogP contribution in [0.25, 0.3) is 10.2 Å². The summed E-state index contributed by atoms with van der Waals surface area (Å²) in [5, 5.41) is 23.7. The van der Waals surface area contributed by atoms with Gasteiger partial charge in [-0.3, -0.25) is 4.79 Å². The summed E-state index contributed by atoms with van der Waals surface area (Å²) in [6.45, 7) is 3.99. The maximum atomic E-state index is 13.0. The minimum absolute atomic E-state index is 0.0884. The molecule has 7 rings (SSSR count). The van der Waals surface area contributed by atoms with E-state index in [-0.39, 0.29) is 17.9 Å². The molecule has 0 bridgehead atoms. The number of hydrogen-bond acceptors (Lipinski definition) is 11. The summed E-state index contributed by atoms with van der Waals surface area (Å²) < 4.78 is 6.06. The van der Waals surface area contributed by atoms with Crippen molar-refractivity contribution >= 4 is 67.9 Å². The highest BCUT2D eigenvalue weighted by Gasteiger charge is 2.30. The average Bonchev–Trinajstić information content (AvgIpc) is 3.98. The Morgan fingerprint density at radius 1 is 0.936 bits per heavy atom. The maximum absolute atomic E-state index is 13.0. The third-order valence-electron chi connectivity index (χ3n) is 8.39. The molecule has 0 saturated heterocycles. The fourth-order valence-electron chi connectivity index (χ4n) is 5.37. The topological polar surface area (TPSA) is 150 Å². The van der Waals surface area contributed by atoms with Crippen molar-refractivity contribution in [2.75, 3.05) is 22.6 Å². The van der Waals surface area contributed by atoms with E-state index < -0.39 is 5.60 Å². The maximum Gasteiger partial charge on any atom is 0.341 e. The zero-order valence-electron chi connectivity index (χ0n) is 26.5. The predicted octanol–water partition coefficient (Wildman–Crippen LogP) is 6.92.